The van der Waals surface area contributed by atoms with Gasteiger partial charge in [-0.05, 0) is 61.2 Å². The second-order valence-electron chi connectivity index (χ2n) is 8.69. The molecule has 35 heavy (non-hydrogen) atoms. The highest BCUT2D eigenvalue weighted by atomic mass is 16.5. The molecule has 0 radical (unpaired) electrons. The van der Waals surface area contributed by atoms with Crippen molar-refractivity contribution in [3.63, 3.8) is 0 Å². The van der Waals surface area contributed by atoms with Crippen LogP contribution in [-0.2, 0) is 4.79 Å². The lowest BCUT2D eigenvalue weighted by Crippen LogP contribution is -2.38. The van der Waals surface area contributed by atoms with E-state index in [2.05, 4.69) is 45.7 Å². The van der Waals surface area contributed by atoms with E-state index in [0.717, 1.165) is 38.0 Å². The van der Waals surface area contributed by atoms with Crippen LogP contribution >= 0.6 is 0 Å². The number of aromatic hydroxyl groups is 1. The Bertz CT molecular complexity index is 1180. The van der Waals surface area contributed by atoms with Gasteiger partial charge in [0.2, 0.25) is 11.7 Å². The van der Waals surface area contributed by atoms with Crippen molar-refractivity contribution in [2.24, 2.45) is 0 Å². The zero-order valence-corrected chi connectivity index (χ0v) is 20.3. The van der Waals surface area contributed by atoms with Crippen molar-refractivity contribution in [2.45, 2.75) is 18.8 Å². The summed E-state index contributed by atoms with van der Waals surface area (Å²) in [7, 11) is 2.97. The standard InChI is InChI=1S/C28H33N3O4/c1-34-25-17-20(18-26(35-2)28(25)33)7-3-6-10-27(32)29-13-16-31-14-11-21(12-15-31)23-19-30-24-9-5-4-8-22(23)24/h3-10,17-19,21,30,33H,11-16H2,1-2H3,(H,29,32)/b7-3+,10-6+. The van der Waals surface area contributed by atoms with Crippen molar-refractivity contribution < 1.29 is 19.4 Å². The number of piperidine rings is 1. The van der Waals surface area contributed by atoms with Crippen LogP contribution in [0.2, 0.25) is 0 Å². The topological polar surface area (TPSA) is 86.8 Å². The van der Waals surface area contributed by atoms with Crippen LogP contribution in [0.4, 0.5) is 0 Å². The average Bonchev–Trinajstić information content (AvgIpc) is 3.32. The van der Waals surface area contributed by atoms with Gasteiger partial charge in [0, 0.05) is 36.3 Å². The van der Waals surface area contributed by atoms with Gasteiger partial charge in [-0.2, -0.15) is 0 Å². The molecule has 1 aliphatic heterocycles. The summed E-state index contributed by atoms with van der Waals surface area (Å²) in [6, 6.07) is 11.9. The van der Waals surface area contributed by atoms with Gasteiger partial charge in [0.1, 0.15) is 0 Å². The number of aromatic nitrogens is 1. The molecule has 7 nitrogen and oxygen atoms in total. The number of para-hydroxylation sites is 1. The van der Waals surface area contributed by atoms with Crippen LogP contribution in [0.15, 0.2) is 60.8 Å². The molecule has 0 atom stereocenters. The van der Waals surface area contributed by atoms with Crippen molar-refractivity contribution in [1.82, 2.24) is 15.2 Å². The van der Waals surface area contributed by atoms with Gasteiger partial charge in [-0.1, -0.05) is 36.4 Å². The molecule has 0 bridgehead atoms. The van der Waals surface area contributed by atoms with Crippen LogP contribution in [0.5, 0.6) is 17.2 Å². The number of amides is 1. The maximum absolute atomic E-state index is 12.1. The van der Waals surface area contributed by atoms with E-state index in [0.29, 0.717) is 24.0 Å². The number of hydrogen-bond acceptors (Lipinski definition) is 5. The molecule has 1 aliphatic rings. The first-order valence-electron chi connectivity index (χ1n) is 11.9. The summed E-state index contributed by atoms with van der Waals surface area (Å²) in [6.45, 7) is 3.55. The van der Waals surface area contributed by atoms with Crippen molar-refractivity contribution in [1.29, 1.82) is 0 Å². The number of benzene rings is 2. The smallest absolute Gasteiger partial charge is 0.244 e. The third-order valence-electron chi connectivity index (χ3n) is 6.53. The Kier molecular flexibility index (Phi) is 8.11. The molecule has 0 aliphatic carbocycles. The number of methoxy groups -OCH3 is 2. The fraction of sp³-hybridized carbons (Fsp3) is 0.321. The molecule has 0 spiro atoms. The fourth-order valence-electron chi connectivity index (χ4n) is 4.62. The van der Waals surface area contributed by atoms with E-state index < -0.39 is 0 Å². The minimum atomic E-state index is -0.121. The number of fused-ring (bicyclic) bond motifs is 1. The summed E-state index contributed by atoms with van der Waals surface area (Å²) < 4.78 is 10.3. The number of H-pyrrole nitrogens is 1. The number of phenolic OH excluding ortho intramolecular Hbond substituents is 1. The molecule has 2 aromatic carbocycles. The van der Waals surface area contributed by atoms with E-state index in [1.54, 1.807) is 24.3 Å². The number of allylic oxidation sites excluding steroid dienone is 2. The number of nitrogens with one attached hydrogen (secondary N) is 2. The molecule has 1 fully saturated rings. The van der Waals surface area contributed by atoms with Gasteiger partial charge in [-0.3, -0.25) is 4.79 Å². The van der Waals surface area contributed by atoms with Gasteiger partial charge in [0.15, 0.2) is 11.5 Å². The van der Waals surface area contributed by atoms with Crippen molar-refractivity contribution in [2.75, 3.05) is 40.4 Å². The number of likely N-dealkylation sites (tertiary alicyclic amines) is 1. The lowest BCUT2D eigenvalue weighted by atomic mass is 9.89. The second kappa shape index (κ2) is 11.6. The molecular formula is C28H33N3O4. The first-order chi connectivity index (χ1) is 17.1. The minimum absolute atomic E-state index is 0.0377. The molecule has 4 rings (SSSR count). The van der Waals surface area contributed by atoms with Crippen molar-refractivity contribution in [3.8, 4) is 17.2 Å². The van der Waals surface area contributed by atoms with E-state index in [1.807, 2.05) is 6.08 Å². The first kappa shape index (κ1) is 24.4. The third-order valence-corrected chi connectivity index (χ3v) is 6.53. The monoisotopic (exact) mass is 475 g/mol. The fourth-order valence-corrected chi connectivity index (χ4v) is 4.62. The van der Waals surface area contributed by atoms with Crippen LogP contribution in [0.3, 0.4) is 0 Å². The molecule has 3 N–H and O–H groups in total. The zero-order valence-electron chi connectivity index (χ0n) is 20.3. The number of carbonyl (C=O) groups excluding carboxylic acids is 1. The molecule has 3 aromatic rings. The Morgan fingerprint density at radius 3 is 2.57 bits per heavy atom. The number of carbonyl (C=O) groups is 1. The molecule has 0 saturated carbocycles. The third kappa shape index (κ3) is 6.05. The predicted molar refractivity (Wildman–Crippen MR) is 139 cm³/mol. The Hall–Kier alpha value is -3.71. The molecule has 0 unspecified atom stereocenters. The number of ether oxygens (including phenoxy) is 2. The Morgan fingerprint density at radius 1 is 1.14 bits per heavy atom. The summed E-state index contributed by atoms with van der Waals surface area (Å²) in [6.07, 6.45) is 11.2. The highest BCUT2D eigenvalue weighted by Crippen LogP contribution is 2.37. The van der Waals surface area contributed by atoms with Gasteiger partial charge in [0.25, 0.3) is 0 Å². The van der Waals surface area contributed by atoms with E-state index in [9.17, 15) is 9.90 Å². The largest absolute Gasteiger partial charge is 0.502 e. The Balaban J connectivity index is 1.19. The predicted octanol–water partition coefficient (Wildman–Crippen LogP) is 4.46. The van der Waals surface area contributed by atoms with E-state index in [1.165, 1.54) is 36.8 Å². The molecule has 2 heterocycles. The Morgan fingerprint density at radius 2 is 1.86 bits per heavy atom. The summed E-state index contributed by atoms with van der Waals surface area (Å²) in [5.41, 5.74) is 3.42. The lowest BCUT2D eigenvalue weighted by Gasteiger charge is -2.31. The molecule has 1 amide bonds. The van der Waals surface area contributed by atoms with Crippen molar-refractivity contribution >= 4 is 22.9 Å². The summed E-state index contributed by atoms with van der Waals surface area (Å²) in [5.74, 6) is 1.08. The van der Waals surface area contributed by atoms with Crippen LogP contribution < -0.4 is 14.8 Å². The second-order valence-corrected chi connectivity index (χ2v) is 8.69. The number of phenols is 1. The molecule has 7 heteroatoms. The Labute approximate surface area is 206 Å². The highest BCUT2D eigenvalue weighted by molar-refractivity contribution is 5.88. The summed E-state index contributed by atoms with van der Waals surface area (Å²) >= 11 is 0. The zero-order chi connectivity index (χ0) is 24.6. The number of rotatable bonds is 9. The molecular weight excluding hydrogens is 442 g/mol. The van der Waals surface area contributed by atoms with Gasteiger partial charge in [-0.15, -0.1) is 0 Å². The van der Waals surface area contributed by atoms with Crippen LogP contribution in [0, 0.1) is 0 Å². The molecule has 184 valence electrons. The van der Waals surface area contributed by atoms with Crippen molar-refractivity contribution in [3.05, 3.63) is 72.0 Å². The lowest BCUT2D eigenvalue weighted by molar-refractivity contribution is -0.116. The number of hydrogen-bond donors (Lipinski definition) is 3. The normalized spacial score (nSPS) is 15.3. The van der Waals surface area contributed by atoms with Gasteiger partial charge < -0.3 is 29.8 Å². The van der Waals surface area contributed by atoms with Gasteiger partial charge in [-0.25, -0.2) is 0 Å². The molecule has 1 saturated heterocycles. The highest BCUT2D eigenvalue weighted by Gasteiger charge is 2.22. The van der Waals surface area contributed by atoms with Gasteiger partial charge >= 0.3 is 0 Å². The van der Waals surface area contributed by atoms with E-state index in [4.69, 9.17) is 9.47 Å². The van der Waals surface area contributed by atoms with E-state index >= 15 is 0 Å². The van der Waals surface area contributed by atoms with Crippen LogP contribution in [-0.4, -0.2) is 61.3 Å². The quantitative estimate of drug-likeness (QED) is 0.314. The maximum atomic E-state index is 12.1. The summed E-state index contributed by atoms with van der Waals surface area (Å²) in [4.78, 5) is 18.0. The summed E-state index contributed by atoms with van der Waals surface area (Å²) in [5, 5.41) is 14.3. The molecule has 1 aromatic heterocycles. The maximum Gasteiger partial charge on any atom is 0.244 e. The van der Waals surface area contributed by atoms with Crippen LogP contribution in [0.25, 0.3) is 17.0 Å². The van der Waals surface area contributed by atoms with Gasteiger partial charge in [0.05, 0.1) is 14.2 Å². The number of nitrogens with zero attached hydrogens (tertiary/aromatic N) is 1. The number of aromatic amines is 1. The van der Waals surface area contributed by atoms with Crippen LogP contribution in [0.1, 0.15) is 29.9 Å². The minimum Gasteiger partial charge on any atom is -0.502 e. The first-order valence-corrected chi connectivity index (χ1v) is 11.9. The van der Waals surface area contributed by atoms with E-state index in [-0.39, 0.29) is 11.7 Å². The average molecular weight is 476 g/mol. The SMILES string of the molecule is COc1cc(/C=C/C=C/C(=O)NCCN2CCC(c3c[nH]c4ccccc34)CC2)cc(OC)c1O.